The van der Waals surface area contributed by atoms with Gasteiger partial charge in [0.2, 0.25) is 0 Å². The molecule has 0 N–H and O–H groups in total. The standard InChI is InChI=1S/C16H12N2/c1-12-10-14-7-4-5-9-18(14)16(12)15-8-3-2-6-13(15)11-17/h2-10H,1H3. The first-order valence-electron chi connectivity index (χ1n) is 5.87. The lowest BCUT2D eigenvalue weighted by Crippen LogP contribution is -1.91. The molecule has 2 heterocycles. The van der Waals surface area contributed by atoms with Crippen molar-refractivity contribution in [3.05, 3.63) is 65.9 Å². The summed E-state index contributed by atoms with van der Waals surface area (Å²) in [5.74, 6) is 0. The molecule has 0 aliphatic heterocycles. The zero-order chi connectivity index (χ0) is 12.5. The fourth-order valence-corrected chi connectivity index (χ4v) is 2.39. The van der Waals surface area contributed by atoms with Crippen LogP contribution >= 0.6 is 0 Å². The van der Waals surface area contributed by atoms with Gasteiger partial charge in [-0.3, -0.25) is 0 Å². The van der Waals surface area contributed by atoms with Gasteiger partial charge in [-0.2, -0.15) is 5.26 Å². The molecule has 0 saturated carbocycles. The molecule has 86 valence electrons. The minimum Gasteiger partial charge on any atom is -0.316 e. The molecule has 0 fully saturated rings. The van der Waals surface area contributed by atoms with Crippen LogP contribution in [0.5, 0.6) is 0 Å². The van der Waals surface area contributed by atoms with Crippen molar-refractivity contribution in [1.29, 1.82) is 5.26 Å². The summed E-state index contributed by atoms with van der Waals surface area (Å²) in [6, 6.07) is 18.2. The second-order valence-corrected chi connectivity index (χ2v) is 4.33. The third kappa shape index (κ3) is 1.49. The number of hydrogen-bond acceptors (Lipinski definition) is 1. The van der Waals surface area contributed by atoms with Gasteiger partial charge < -0.3 is 4.40 Å². The fourth-order valence-electron chi connectivity index (χ4n) is 2.39. The Morgan fingerprint density at radius 1 is 1.06 bits per heavy atom. The Morgan fingerprint density at radius 3 is 2.67 bits per heavy atom. The second kappa shape index (κ2) is 4.05. The van der Waals surface area contributed by atoms with E-state index in [1.54, 1.807) is 0 Å². The van der Waals surface area contributed by atoms with Gasteiger partial charge in [-0.25, -0.2) is 0 Å². The van der Waals surface area contributed by atoms with Crippen LogP contribution in [0.1, 0.15) is 11.1 Å². The number of rotatable bonds is 1. The van der Waals surface area contributed by atoms with E-state index in [2.05, 4.69) is 29.5 Å². The summed E-state index contributed by atoms with van der Waals surface area (Å²) in [6.45, 7) is 2.08. The number of nitrogens with zero attached hydrogens (tertiary/aromatic N) is 2. The third-order valence-electron chi connectivity index (χ3n) is 3.17. The van der Waals surface area contributed by atoms with E-state index in [9.17, 15) is 5.26 Å². The normalized spacial score (nSPS) is 10.4. The number of benzene rings is 1. The molecular weight excluding hydrogens is 220 g/mol. The molecule has 2 heteroatoms. The van der Waals surface area contributed by atoms with Gasteiger partial charge in [-0.15, -0.1) is 0 Å². The number of aryl methyl sites for hydroxylation is 1. The van der Waals surface area contributed by atoms with Gasteiger partial charge in [-0.05, 0) is 36.8 Å². The summed E-state index contributed by atoms with van der Waals surface area (Å²) in [5.41, 5.74) is 5.14. The monoisotopic (exact) mass is 232 g/mol. The van der Waals surface area contributed by atoms with Crippen LogP contribution in [0.3, 0.4) is 0 Å². The Labute approximate surface area is 106 Å². The molecule has 0 bridgehead atoms. The highest BCUT2D eigenvalue weighted by atomic mass is 14.9. The van der Waals surface area contributed by atoms with E-state index >= 15 is 0 Å². The number of hydrogen-bond donors (Lipinski definition) is 0. The summed E-state index contributed by atoms with van der Waals surface area (Å²) in [5, 5.41) is 9.22. The summed E-state index contributed by atoms with van der Waals surface area (Å²) in [6.07, 6.45) is 2.03. The highest BCUT2D eigenvalue weighted by Gasteiger charge is 2.11. The molecule has 0 amide bonds. The van der Waals surface area contributed by atoms with Crippen molar-refractivity contribution in [3.63, 3.8) is 0 Å². The maximum atomic E-state index is 9.22. The highest BCUT2D eigenvalue weighted by molar-refractivity contribution is 5.75. The predicted molar refractivity (Wildman–Crippen MR) is 72.3 cm³/mol. The SMILES string of the molecule is Cc1cc2ccccn2c1-c1ccccc1C#N. The van der Waals surface area contributed by atoms with Crippen LogP contribution in [0, 0.1) is 18.3 Å². The predicted octanol–water partition coefficient (Wildman–Crippen LogP) is 3.79. The number of aromatic nitrogens is 1. The molecule has 1 aromatic carbocycles. The van der Waals surface area contributed by atoms with Gasteiger partial charge in [0.1, 0.15) is 0 Å². The van der Waals surface area contributed by atoms with Gasteiger partial charge >= 0.3 is 0 Å². The maximum absolute atomic E-state index is 9.22. The van der Waals surface area contributed by atoms with Crippen LogP contribution in [-0.4, -0.2) is 4.40 Å². The van der Waals surface area contributed by atoms with Gasteiger partial charge in [0.05, 0.1) is 17.3 Å². The number of pyridine rings is 1. The summed E-state index contributed by atoms with van der Waals surface area (Å²) in [7, 11) is 0. The molecule has 0 unspecified atom stereocenters. The lowest BCUT2D eigenvalue weighted by atomic mass is 10.0. The van der Waals surface area contributed by atoms with E-state index in [1.807, 2.05) is 42.6 Å². The molecule has 3 aromatic rings. The van der Waals surface area contributed by atoms with Crippen molar-refractivity contribution in [3.8, 4) is 17.3 Å². The van der Waals surface area contributed by atoms with Crippen LogP contribution in [0.2, 0.25) is 0 Å². The lowest BCUT2D eigenvalue weighted by molar-refractivity contribution is 1.19. The third-order valence-corrected chi connectivity index (χ3v) is 3.17. The first-order valence-corrected chi connectivity index (χ1v) is 5.87. The van der Waals surface area contributed by atoms with Gasteiger partial charge in [-0.1, -0.05) is 24.3 Å². The zero-order valence-corrected chi connectivity index (χ0v) is 10.1. The first kappa shape index (κ1) is 10.6. The van der Waals surface area contributed by atoms with Crippen LogP contribution in [-0.2, 0) is 0 Å². The van der Waals surface area contributed by atoms with Crippen LogP contribution < -0.4 is 0 Å². The Hall–Kier alpha value is -2.53. The molecular formula is C16H12N2. The van der Waals surface area contributed by atoms with Crippen molar-refractivity contribution in [2.75, 3.05) is 0 Å². The van der Waals surface area contributed by atoms with Crippen molar-refractivity contribution in [2.45, 2.75) is 6.92 Å². The van der Waals surface area contributed by atoms with E-state index in [4.69, 9.17) is 0 Å². The number of nitriles is 1. The van der Waals surface area contributed by atoms with Crippen LogP contribution in [0.4, 0.5) is 0 Å². The van der Waals surface area contributed by atoms with E-state index in [1.165, 1.54) is 5.56 Å². The molecule has 2 aromatic heterocycles. The first-order chi connectivity index (χ1) is 8.81. The van der Waals surface area contributed by atoms with Crippen molar-refractivity contribution in [1.82, 2.24) is 4.40 Å². The summed E-state index contributed by atoms with van der Waals surface area (Å²) < 4.78 is 2.13. The minimum absolute atomic E-state index is 0.712. The topological polar surface area (TPSA) is 28.2 Å². The molecule has 18 heavy (non-hydrogen) atoms. The molecule has 0 saturated heterocycles. The van der Waals surface area contributed by atoms with E-state index in [-0.39, 0.29) is 0 Å². The molecule has 3 rings (SSSR count). The number of fused-ring (bicyclic) bond motifs is 1. The average molecular weight is 232 g/mol. The Morgan fingerprint density at radius 2 is 1.83 bits per heavy atom. The average Bonchev–Trinajstić information content (AvgIpc) is 2.74. The molecule has 0 aliphatic carbocycles. The summed E-state index contributed by atoms with van der Waals surface area (Å²) in [4.78, 5) is 0. The fraction of sp³-hybridized carbons (Fsp3) is 0.0625. The van der Waals surface area contributed by atoms with E-state index in [0.717, 1.165) is 16.8 Å². The van der Waals surface area contributed by atoms with Crippen molar-refractivity contribution >= 4 is 5.52 Å². The van der Waals surface area contributed by atoms with Crippen LogP contribution in [0.25, 0.3) is 16.8 Å². The smallest absolute Gasteiger partial charge is 0.0998 e. The second-order valence-electron chi connectivity index (χ2n) is 4.33. The zero-order valence-electron chi connectivity index (χ0n) is 10.1. The van der Waals surface area contributed by atoms with Crippen molar-refractivity contribution in [2.24, 2.45) is 0 Å². The van der Waals surface area contributed by atoms with Gasteiger partial charge in [0.15, 0.2) is 0 Å². The molecule has 0 spiro atoms. The van der Waals surface area contributed by atoms with E-state index < -0.39 is 0 Å². The van der Waals surface area contributed by atoms with Gasteiger partial charge in [0.25, 0.3) is 0 Å². The van der Waals surface area contributed by atoms with Crippen molar-refractivity contribution < 1.29 is 0 Å². The largest absolute Gasteiger partial charge is 0.316 e. The molecule has 0 aliphatic rings. The molecule has 2 nitrogen and oxygen atoms in total. The van der Waals surface area contributed by atoms with E-state index in [0.29, 0.717) is 5.56 Å². The minimum atomic E-state index is 0.712. The maximum Gasteiger partial charge on any atom is 0.0998 e. The highest BCUT2D eigenvalue weighted by Crippen LogP contribution is 2.29. The molecule has 0 atom stereocenters. The quantitative estimate of drug-likeness (QED) is 0.627. The molecule has 0 radical (unpaired) electrons. The Balaban J connectivity index is 2.39. The van der Waals surface area contributed by atoms with Crippen LogP contribution in [0.15, 0.2) is 54.7 Å². The Kier molecular flexibility index (Phi) is 2.39. The van der Waals surface area contributed by atoms with Gasteiger partial charge in [0, 0.05) is 17.3 Å². The summed E-state index contributed by atoms with van der Waals surface area (Å²) >= 11 is 0. The Bertz CT molecular complexity index is 760. The lowest BCUT2D eigenvalue weighted by Gasteiger charge is -2.06.